The van der Waals surface area contributed by atoms with E-state index in [0.717, 1.165) is 9.87 Å². The van der Waals surface area contributed by atoms with Gasteiger partial charge in [-0.15, -0.1) is 0 Å². The highest BCUT2D eigenvalue weighted by Crippen LogP contribution is 2.32. The lowest BCUT2D eigenvalue weighted by atomic mass is 10.1. The average molecular weight is 568 g/mol. The second-order valence-electron chi connectivity index (χ2n) is 9.01. The van der Waals surface area contributed by atoms with E-state index in [1.165, 1.54) is 37.3 Å². The zero-order valence-electron chi connectivity index (χ0n) is 23.4. The lowest BCUT2D eigenvalue weighted by Crippen LogP contribution is -2.53. The highest BCUT2D eigenvalue weighted by atomic mass is 32.2. The largest absolute Gasteiger partial charge is 0.493 e. The van der Waals surface area contributed by atoms with E-state index in [-0.39, 0.29) is 23.1 Å². The maximum Gasteiger partial charge on any atom is 0.264 e. The van der Waals surface area contributed by atoms with Crippen molar-refractivity contribution in [1.82, 2.24) is 10.2 Å². The van der Waals surface area contributed by atoms with E-state index in [9.17, 15) is 18.0 Å². The second-order valence-corrected chi connectivity index (χ2v) is 10.9. The van der Waals surface area contributed by atoms with Gasteiger partial charge in [0, 0.05) is 19.2 Å². The molecule has 3 aromatic rings. The number of nitrogens with zero attached hydrogens (tertiary/aromatic N) is 2. The van der Waals surface area contributed by atoms with E-state index >= 15 is 0 Å². The van der Waals surface area contributed by atoms with E-state index in [2.05, 4.69) is 5.32 Å². The monoisotopic (exact) mass is 567 g/mol. The van der Waals surface area contributed by atoms with Gasteiger partial charge in [0.1, 0.15) is 12.6 Å². The fourth-order valence-corrected chi connectivity index (χ4v) is 5.85. The van der Waals surface area contributed by atoms with E-state index in [0.29, 0.717) is 30.8 Å². The molecule has 3 aromatic carbocycles. The van der Waals surface area contributed by atoms with Crippen molar-refractivity contribution in [3.8, 4) is 11.5 Å². The highest BCUT2D eigenvalue weighted by molar-refractivity contribution is 7.92. The number of benzene rings is 3. The number of para-hydroxylation sites is 1. The number of anilines is 1. The first-order valence-electron chi connectivity index (χ1n) is 13.2. The number of likely N-dealkylation sites (N-methyl/N-ethyl adjacent to an activating group) is 1. The average Bonchev–Trinajstić information content (AvgIpc) is 2.98. The summed E-state index contributed by atoms with van der Waals surface area (Å²) < 4.78 is 39.6. The topological polar surface area (TPSA) is 105 Å². The van der Waals surface area contributed by atoms with Crippen molar-refractivity contribution in [2.24, 2.45) is 0 Å². The van der Waals surface area contributed by atoms with E-state index in [1.54, 1.807) is 30.3 Å². The van der Waals surface area contributed by atoms with Gasteiger partial charge in [0.15, 0.2) is 11.5 Å². The molecule has 2 amide bonds. The summed E-state index contributed by atoms with van der Waals surface area (Å²) in [7, 11) is -1.34. The number of ether oxygens (including phenoxy) is 2. The van der Waals surface area contributed by atoms with Gasteiger partial charge in [-0.3, -0.25) is 13.9 Å². The summed E-state index contributed by atoms with van der Waals surface area (Å²) in [5.41, 5.74) is 1.32. The van der Waals surface area contributed by atoms with Crippen molar-refractivity contribution in [3.05, 3.63) is 84.4 Å². The van der Waals surface area contributed by atoms with Crippen molar-refractivity contribution in [2.75, 3.05) is 38.2 Å². The van der Waals surface area contributed by atoms with Crippen LogP contribution in [0.15, 0.2) is 83.8 Å². The summed E-state index contributed by atoms with van der Waals surface area (Å²) in [6.45, 7) is 3.81. The molecular weight excluding hydrogens is 530 g/mol. The Hall–Kier alpha value is -4.05. The normalized spacial score (nSPS) is 11.8. The Morgan fingerprint density at radius 1 is 0.875 bits per heavy atom. The zero-order chi connectivity index (χ0) is 29.1. The fourth-order valence-electron chi connectivity index (χ4n) is 4.42. The SMILES string of the molecule is CCNC(=O)C(CC)N(CCc1ccccc1)C(=O)CN(c1ccccc1)S(=O)(=O)c1ccc(OC)c(OC)c1. The minimum Gasteiger partial charge on any atom is -0.493 e. The number of methoxy groups -OCH3 is 2. The summed E-state index contributed by atoms with van der Waals surface area (Å²) in [5, 5.41) is 2.80. The van der Waals surface area contributed by atoms with Gasteiger partial charge in [-0.1, -0.05) is 55.5 Å². The molecule has 0 aliphatic rings. The summed E-state index contributed by atoms with van der Waals surface area (Å²) in [6.07, 6.45) is 0.885. The number of nitrogens with one attached hydrogen (secondary N) is 1. The van der Waals surface area contributed by atoms with Gasteiger partial charge in [0.2, 0.25) is 11.8 Å². The Bertz CT molecular complexity index is 1370. The molecule has 3 rings (SSSR count). The third-order valence-electron chi connectivity index (χ3n) is 6.49. The molecule has 0 saturated heterocycles. The maximum atomic E-state index is 14.0. The Kier molecular flexibility index (Phi) is 11.0. The van der Waals surface area contributed by atoms with Gasteiger partial charge < -0.3 is 19.7 Å². The van der Waals surface area contributed by atoms with Crippen molar-refractivity contribution >= 4 is 27.5 Å². The molecule has 1 unspecified atom stereocenters. The van der Waals surface area contributed by atoms with Crippen LogP contribution in [-0.2, 0) is 26.0 Å². The first kappa shape index (κ1) is 30.5. The molecular formula is C30H37N3O6S. The Morgan fingerprint density at radius 3 is 2.08 bits per heavy atom. The smallest absolute Gasteiger partial charge is 0.264 e. The van der Waals surface area contributed by atoms with Gasteiger partial charge in [0.25, 0.3) is 10.0 Å². The second kappa shape index (κ2) is 14.4. The summed E-state index contributed by atoms with van der Waals surface area (Å²) in [5.74, 6) is -0.138. The van der Waals surface area contributed by atoms with Gasteiger partial charge >= 0.3 is 0 Å². The van der Waals surface area contributed by atoms with Gasteiger partial charge in [-0.25, -0.2) is 8.42 Å². The first-order chi connectivity index (χ1) is 19.3. The highest BCUT2D eigenvalue weighted by Gasteiger charge is 2.33. The molecule has 9 nitrogen and oxygen atoms in total. The number of amides is 2. The minimum absolute atomic E-state index is 0.0617. The standard InChI is InChI=1S/C30H37N3O6S/c1-5-26(30(35)31-6-2)32(20-19-23-13-9-7-10-14-23)29(34)22-33(24-15-11-8-12-16-24)40(36,37)25-17-18-27(38-3)28(21-25)39-4/h7-18,21,26H,5-6,19-20,22H2,1-4H3,(H,31,35). The van der Waals surface area contributed by atoms with Gasteiger partial charge in [-0.2, -0.15) is 0 Å². The molecule has 1 atom stereocenters. The van der Waals surface area contributed by atoms with Crippen LogP contribution in [0.5, 0.6) is 11.5 Å². The summed E-state index contributed by atoms with van der Waals surface area (Å²) in [4.78, 5) is 28.4. The molecule has 0 spiro atoms. The van der Waals surface area contributed by atoms with E-state index in [4.69, 9.17) is 9.47 Å². The third kappa shape index (κ3) is 7.32. The zero-order valence-corrected chi connectivity index (χ0v) is 24.2. The van der Waals surface area contributed by atoms with Gasteiger partial charge in [-0.05, 0) is 49.6 Å². The van der Waals surface area contributed by atoms with Crippen LogP contribution in [0, 0.1) is 0 Å². The van der Waals surface area contributed by atoms with Crippen LogP contribution in [0.1, 0.15) is 25.8 Å². The van der Waals surface area contributed by atoms with Crippen molar-refractivity contribution in [1.29, 1.82) is 0 Å². The molecule has 40 heavy (non-hydrogen) atoms. The first-order valence-corrected chi connectivity index (χ1v) is 14.6. The number of sulfonamides is 1. The summed E-state index contributed by atoms with van der Waals surface area (Å²) >= 11 is 0. The van der Waals surface area contributed by atoms with Crippen LogP contribution in [0.25, 0.3) is 0 Å². The van der Waals surface area contributed by atoms with Crippen LogP contribution < -0.4 is 19.1 Å². The molecule has 0 heterocycles. The maximum absolute atomic E-state index is 14.0. The molecule has 0 radical (unpaired) electrons. The van der Waals surface area contributed by atoms with Crippen LogP contribution in [-0.4, -0.2) is 65.0 Å². The number of carbonyl (C=O) groups excluding carboxylic acids is 2. The number of hydrogen-bond donors (Lipinski definition) is 1. The lowest BCUT2D eigenvalue weighted by molar-refractivity contribution is -0.139. The molecule has 10 heteroatoms. The molecule has 0 aromatic heterocycles. The predicted molar refractivity (Wildman–Crippen MR) is 155 cm³/mol. The van der Waals surface area contributed by atoms with Crippen molar-refractivity contribution in [3.63, 3.8) is 0 Å². The van der Waals surface area contributed by atoms with Crippen LogP contribution in [0.2, 0.25) is 0 Å². The Morgan fingerprint density at radius 2 is 1.50 bits per heavy atom. The number of rotatable bonds is 14. The van der Waals surface area contributed by atoms with E-state index < -0.39 is 28.5 Å². The quantitative estimate of drug-likeness (QED) is 0.317. The van der Waals surface area contributed by atoms with Gasteiger partial charge in [0.05, 0.1) is 24.8 Å². The minimum atomic E-state index is -4.22. The van der Waals surface area contributed by atoms with Crippen molar-refractivity contribution < 1.29 is 27.5 Å². The Balaban J connectivity index is 2.02. The molecule has 0 saturated carbocycles. The van der Waals surface area contributed by atoms with Crippen LogP contribution in [0.4, 0.5) is 5.69 Å². The number of hydrogen-bond acceptors (Lipinski definition) is 6. The predicted octanol–water partition coefficient (Wildman–Crippen LogP) is 3.89. The Labute approximate surface area is 236 Å². The van der Waals surface area contributed by atoms with E-state index in [1.807, 2.05) is 44.2 Å². The molecule has 214 valence electrons. The molecule has 0 aliphatic heterocycles. The molecule has 0 bridgehead atoms. The molecule has 0 aliphatic carbocycles. The van der Waals surface area contributed by atoms with Crippen LogP contribution in [0.3, 0.4) is 0 Å². The summed E-state index contributed by atoms with van der Waals surface area (Å²) in [6, 6.07) is 21.6. The fraction of sp³-hybridized carbons (Fsp3) is 0.333. The third-order valence-corrected chi connectivity index (χ3v) is 8.26. The molecule has 0 fully saturated rings. The van der Waals surface area contributed by atoms with Crippen molar-refractivity contribution in [2.45, 2.75) is 37.6 Å². The van der Waals surface area contributed by atoms with Crippen LogP contribution >= 0.6 is 0 Å². The number of carbonyl (C=O) groups is 2. The lowest BCUT2D eigenvalue weighted by Gasteiger charge is -2.33. The molecule has 1 N–H and O–H groups in total.